The number of nitrogens with one attached hydrogen (secondary N) is 1. The minimum Gasteiger partial charge on any atom is -0.353 e. The maximum atomic E-state index is 12.5. The third-order valence-electron chi connectivity index (χ3n) is 4.77. The van der Waals surface area contributed by atoms with E-state index in [1.54, 1.807) is 6.20 Å². The largest absolute Gasteiger partial charge is 0.353 e. The van der Waals surface area contributed by atoms with Crippen LogP contribution in [-0.4, -0.2) is 42.1 Å². The van der Waals surface area contributed by atoms with Crippen LogP contribution in [0.3, 0.4) is 0 Å². The van der Waals surface area contributed by atoms with Crippen LogP contribution >= 0.6 is 0 Å². The molecule has 5 nitrogen and oxygen atoms in total. The van der Waals surface area contributed by atoms with E-state index in [1.807, 2.05) is 30.0 Å². The van der Waals surface area contributed by atoms with Gasteiger partial charge in [0.2, 0.25) is 0 Å². The molecule has 1 fully saturated rings. The van der Waals surface area contributed by atoms with E-state index in [2.05, 4.69) is 46.4 Å². The van der Waals surface area contributed by atoms with Crippen molar-refractivity contribution in [3.8, 4) is 0 Å². The number of aromatic nitrogens is 1. The molecule has 5 heteroatoms. The van der Waals surface area contributed by atoms with Gasteiger partial charge in [-0.3, -0.25) is 0 Å². The first-order chi connectivity index (χ1) is 12.2. The Morgan fingerprint density at radius 3 is 2.44 bits per heavy atom. The standard InChI is InChI=1S/C20H26N4O/c1-3-17-7-9-18(10-8-17)16(2)22-20(25)24-14-12-23(13-15-24)19-6-4-5-11-21-19/h4-11,16H,3,12-15H2,1-2H3,(H,22,25). The number of rotatable bonds is 4. The maximum absolute atomic E-state index is 12.5. The summed E-state index contributed by atoms with van der Waals surface area (Å²) in [5.74, 6) is 0.979. The fourth-order valence-corrected chi connectivity index (χ4v) is 3.08. The van der Waals surface area contributed by atoms with Crippen LogP contribution in [-0.2, 0) is 6.42 Å². The monoisotopic (exact) mass is 338 g/mol. The highest BCUT2D eigenvalue weighted by molar-refractivity contribution is 5.75. The molecule has 0 bridgehead atoms. The Bertz CT molecular complexity index is 679. The van der Waals surface area contributed by atoms with Gasteiger partial charge < -0.3 is 15.1 Å². The molecule has 3 rings (SSSR count). The van der Waals surface area contributed by atoms with Crippen molar-refractivity contribution in [3.63, 3.8) is 0 Å². The first-order valence-corrected chi connectivity index (χ1v) is 8.97. The predicted octanol–water partition coefficient (Wildman–Crippen LogP) is 3.24. The molecule has 1 aliphatic rings. The Morgan fingerprint density at radius 1 is 1.12 bits per heavy atom. The summed E-state index contributed by atoms with van der Waals surface area (Å²) in [5, 5.41) is 3.11. The van der Waals surface area contributed by atoms with E-state index in [1.165, 1.54) is 5.56 Å². The molecule has 0 aliphatic carbocycles. The van der Waals surface area contributed by atoms with Gasteiger partial charge in [0.25, 0.3) is 0 Å². The van der Waals surface area contributed by atoms with Crippen LogP contribution in [0.4, 0.5) is 10.6 Å². The smallest absolute Gasteiger partial charge is 0.317 e. The van der Waals surface area contributed by atoms with Crippen molar-refractivity contribution in [2.75, 3.05) is 31.1 Å². The second kappa shape index (κ2) is 8.01. The molecule has 1 aliphatic heterocycles. The first-order valence-electron chi connectivity index (χ1n) is 8.97. The number of piperazine rings is 1. The Hall–Kier alpha value is -2.56. The van der Waals surface area contributed by atoms with Gasteiger partial charge in [0.1, 0.15) is 5.82 Å². The van der Waals surface area contributed by atoms with Crippen LogP contribution in [0.5, 0.6) is 0 Å². The molecule has 2 heterocycles. The third-order valence-corrected chi connectivity index (χ3v) is 4.77. The molecule has 1 atom stereocenters. The van der Waals surface area contributed by atoms with E-state index >= 15 is 0 Å². The van der Waals surface area contributed by atoms with Gasteiger partial charge in [-0.2, -0.15) is 0 Å². The molecule has 2 aromatic rings. The number of aryl methyl sites for hydroxylation is 1. The minimum atomic E-state index is 0.00669. The van der Waals surface area contributed by atoms with Crippen LogP contribution in [0.15, 0.2) is 48.7 Å². The zero-order valence-electron chi connectivity index (χ0n) is 15.0. The lowest BCUT2D eigenvalue weighted by Crippen LogP contribution is -2.52. The molecule has 2 amide bonds. The van der Waals surface area contributed by atoms with Crippen molar-refractivity contribution in [2.24, 2.45) is 0 Å². The summed E-state index contributed by atoms with van der Waals surface area (Å²) in [4.78, 5) is 21.0. The number of hydrogen-bond donors (Lipinski definition) is 1. The van der Waals surface area contributed by atoms with Crippen molar-refractivity contribution in [3.05, 3.63) is 59.8 Å². The summed E-state index contributed by atoms with van der Waals surface area (Å²) in [6.45, 7) is 7.22. The molecule has 25 heavy (non-hydrogen) atoms. The van der Waals surface area contributed by atoms with E-state index in [0.29, 0.717) is 13.1 Å². The van der Waals surface area contributed by atoms with E-state index in [0.717, 1.165) is 30.9 Å². The Labute approximate surface area is 149 Å². The van der Waals surface area contributed by atoms with Crippen molar-refractivity contribution in [2.45, 2.75) is 26.3 Å². The summed E-state index contributed by atoms with van der Waals surface area (Å²) >= 11 is 0. The fourth-order valence-electron chi connectivity index (χ4n) is 3.08. The lowest BCUT2D eigenvalue weighted by Gasteiger charge is -2.35. The molecule has 1 saturated heterocycles. The maximum Gasteiger partial charge on any atom is 0.317 e. The summed E-state index contributed by atoms with van der Waals surface area (Å²) in [7, 11) is 0. The first kappa shape index (κ1) is 17.3. The fraction of sp³-hybridized carbons (Fsp3) is 0.400. The average Bonchev–Trinajstić information content (AvgIpc) is 2.68. The average molecular weight is 338 g/mol. The molecule has 0 radical (unpaired) electrons. The number of pyridine rings is 1. The van der Waals surface area contributed by atoms with E-state index in [9.17, 15) is 4.79 Å². The number of anilines is 1. The van der Waals surface area contributed by atoms with Gasteiger partial charge in [-0.15, -0.1) is 0 Å². The highest BCUT2D eigenvalue weighted by atomic mass is 16.2. The minimum absolute atomic E-state index is 0.00669. The molecular weight excluding hydrogens is 312 g/mol. The molecular formula is C20H26N4O. The number of amides is 2. The second-order valence-electron chi connectivity index (χ2n) is 6.43. The van der Waals surface area contributed by atoms with E-state index in [4.69, 9.17) is 0 Å². The van der Waals surface area contributed by atoms with Gasteiger partial charge in [0, 0.05) is 32.4 Å². The van der Waals surface area contributed by atoms with Crippen LogP contribution in [0.1, 0.15) is 31.0 Å². The topological polar surface area (TPSA) is 48.5 Å². The van der Waals surface area contributed by atoms with E-state index < -0.39 is 0 Å². The summed E-state index contributed by atoms with van der Waals surface area (Å²) in [6.07, 6.45) is 2.83. The summed E-state index contributed by atoms with van der Waals surface area (Å²) in [6, 6.07) is 14.4. The quantitative estimate of drug-likeness (QED) is 0.931. The van der Waals surface area contributed by atoms with Crippen molar-refractivity contribution < 1.29 is 4.79 Å². The number of hydrogen-bond acceptors (Lipinski definition) is 3. The van der Waals surface area contributed by atoms with Gasteiger partial charge in [-0.05, 0) is 36.6 Å². The van der Waals surface area contributed by atoms with E-state index in [-0.39, 0.29) is 12.1 Å². The normalized spacial score (nSPS) is 15.8. The highest BCUT2D eigenvalue weighted by Crippen LogP contribution is 2.16. The SMILES string of the molecule is CCc1ccc(C(C)NC(=O)N2CCN(c3ccccn3)CC2)cc1. The van der Waals surface area contributed by atoms with Gasteiger partial charge in [-0.25, -0.2) is 9.78 Å². The lowest BCUT2D eigenvalue weighted by atomic mass is 10.1. The van der Waals surface area contributed by atoms with Gasteiger partial charge in [0.05, 0.1) is 6.04 Å². The molecule has 132 valence electrons. The third kappa shape index (κ3) is 4.29. The zero-order chi connectivity index (χ0) is 17.6. The Kier molecular flexibility index (Phi) is 5.53. The van der Waals surface area contributed by atoms with Crippen molar-refractivity contribution >= 4 is 11.8 Å². The number of carbonyl (C=O) groups excluding carboxylic acids is 1. The van der Waals surface area contributed by atoms with Gasteiger partial charge in [-0.1, -0.05) is 37.3 Å². The summed E-state index contributed by atoms with van der Waals surface area (Å²) < 4.78 is 0. The Morgan fingerprint density at radius 2 is 1.84 bits per heavy atom. The molecule has 1 N–H and O–H groups in total. The molecule has 1 unspecified atom stereocenters. The molecule has 0 saturated carbocycles. The highest BCUT2D eigenvalue weighted by Gasteiger charge is 2.22. The van der Waals surface area contributed by atoms with Crippen LogP contribution in [0.2, 0.25) is 0 Å². The number of carbonyl (C=O) groups is 1. The van der Waals surface area contributed by atoms with Crippen molar-refractivity contribution in [1.82, 2.24) is 15.2 Å². The van der Waals surface area contributed by atoms with Crippen LogP contribution in [0.25, 0.3) is 0 Å². The predicted molar refractivity (Wildman–Crippen MR) is 101 cm³/mol. The number of nitrogens with zero attached hydrogens (tertiary/aromatic N) is 3. The molecule has 1 aromatic heterocycles. The number of benzene rings is 1. The lowest BCUT2D eigenvalue weighted by molar-refractivity contribution is 0.191. The number of urea groups is 1. The van der Waals surface area contributed by atoms with Crippen molar-refractivity contribution in [1.29, 1.82) is 0 Å². The van der Waals surface area contributed by atoms with Crippen LogP contribution in [0, 0.1) is 0 Å². The summed E-state index contributed by atoms with van der Waals surface area (Å²) in [5.41, 5.74) is 2.45. The van der Waals surface area contributed by atoms with Crippen LogP contribution < -0.4 is 10.2 Å². The Balaban J connectivity index is 1.52. The van der Waals surface area contributed by atoms with Gasteiger partial charge >= 0.3 is 6.03 Å². The zero-order valence-corrected chi connectivity index (χ0v) is 15.0. The molecule has 1 aromatic carbocycles. The molecule has 0 spiro atoms. The van der Waals surface area contributed by atoms with Gasteiger partial charge in [0.15, 0.2) is 0 Å². The second-order valence-corrected chi connectivity index (χ2v) is 6.43.